The van der Waals surface area contributed by atoms with Crippen molar-refractivity contribution in [1.29, 1.82) is 0 Å². The first kappa shape index (κ1) is 14.6. The third-order valence-electron chi connectivity index (χ3n) is 3.61. The number of nitrogens with one attached hydrogen (secondary N) is 1. The van der Waals surface area contributed by atoms with Gasteiger partial charge >= 0.3 is 0 Å². The SMILES string of the molecule is Cc1ccc(NCC2CN(C(C)C)CCO2)cc1Cl. The predicted octanol–water partition coefficient (Wildman–Crippen LogP) is 3.17. The number of anilines is 1. The number of rotatable bonds is 4. The van der Waals surface area contributed by atoms with E-state index in [0.29, 0.717) is 6.04 Å². The molecule has 0 amide bonds. The number of hydrogen-bond acceptors (Lipinski definition) is 3. The molecule has 19 heavy (non-hydrogen) atoms. The summed E-state index contributed by atoms with van der Waals surface area (Å²) in [5, 5.41) is 4.21. The lowest BCUT2D eigenvalue weighted by Crippen LogP contribution is -2.48. The smallest absolute Gasteiger partial charge is 0.0874 e. The van der Waals surface area contributed by atoms with Crippen molar-refractivity contribution >= 4 is 17.3 Å². The fourth-order valence-electron chi connectivity index (χ4n) is 2.27. The maximum absolute atomic E-state index is 6.12. The molecule has 1 aromatic carbocycles. The molecule has 1 aliphatic heterocycles. The molecule has 4 heteroatoms. The van der Waals surface area contributed by atoms with Crippen LogP contribution in [-0.2, 0) is 4.74 Å². The van der Waals surface area contributed by atoms with Crippen LogP contribution in [0.4, 0.5) is 5.69 Å². The topological polar surface area (TPSA) is 24.5 Å². The molecule has 1 unspecified atom stereocenters. The second-order valence-corrected chi connectivity index (χ2v) is 5.83. The van der Waals surface area contributed by atoms with Crippen molar-refractivity contribution in [1.82, 2.24) is 4.90 Å². The minimum atomic E-state index is 0.247. The Kier molecular flexibility index (Phi) is 5.08. The van der Waals surface area contributed by atoms with Crippen molar-refractivity contribution in [2.75, 3.05) is 31.6 Å². The van der Waals surface area contributed by atoms with E-state index in [2.05, 4.69) is 30.1 Å². The first-order chi connectivity index (χ1) is 9.06. The largest absolute Gasteiger partial charge is 0.382 e. The lowest BCUT2D eigenvalue weighted by atomic mass is 10.2. The molecule has 1 fully saturated rings. The second kappa shape index (κ2) is 6.60. The highest BCUT2D eigenvalue weighted by Crippen LogP contribution is 2.20. The molecule has 1 atom stereocenters. The lowest BCUT2D eigenvalue weighted by molar-refractivity contribution is -0.0315. The van der Waals surface area contributed by atoms with Gasteiger partial charge in [0.15, 0.2) is 0 Å². The molecule has 0 aromatic heterocycles. The lowest BCUT2D eigenvalue weighted by Gasteiger charge is -2.35. The van der Waals surface area contributed by atoms with Crippen LogP contribution in [0, 0.1) is 6.92 Å². The van der Waals surface area contributed by atoms with Crippen LogP contribution < -0.4 is 5.32 Å². The Morgan fingerprint density at radius 1 is 1.47 bits per heavy atom. The van der Waals surface area contributed by atoms with E-state index in [4.69, 9.17) is 16.3 Å². The van der Waals surface area contributed by atoms with Gasteiger partial charge in [0.25, 0.3) is 0 Å². The van der Waals surface area contributed by atoms with E-state index in [0.717, 1.165) is 42.5 Å². The molecule has 0 radical (unpaired) electrons. The van der Waals surface area contributed by atoms with Crippen molar-refractivity contribution in [2.45, 2.75) is 32.9 Å². The number of morpholine rings is 1. The van der Waals surface area contributed by atoms with Crippen molar-refractivity contribution < 1.29 is 4.74 Å². The Bertz CT molecular complexity index is 423. The molecule has 3 nitrogen and oxygen atoms in total. The number of benzene rings is 1. The van der Waals surface area contributed by atoms with Crippen molar-refractivity contribution in [2.24, 2.45) is 0 Å². The summed E-state index contributed by atoms with van der Waals surface area (Å²) in [6.45, 7) is 10.1. The maximum atomic E-state index is 6.12. The van der Waals surface area contributed by atoms with Crippen LogP contribution in [-0.4, -0.2) is 43.3 Å². The molecule has 1 aliphatic rings. The third-order valence-corrected chi connectivity index (χ3v) is 4.01. The van der Waals surface area contributed by atoms with Gasteiger partial charge in [-0.25, -0.2) is 0 Å². The number of ether oxygens (including phenoxy) is 1. The summed E-state index contributed by atoms with van der Waals surface area (Å²) in [7, 11) is 0. The normalized spacial score (nSPS) is 20.8. The molecule has 0 saturated carbocycles. The molecule has 1 N–H and O–H groups in total. The first-order valence-electron chi connectivity index (χ1n) is 6.92. The van der Waals surface area contributed by atoms with E-state index in [1.807, 2.05) is 19.1 Å². The number of hydrogen-bond donors (Lipinski definition) is 1. The molecule has 106 valence electrons. The van der Waals surface area contributed by atoms with Gasteiger partial charge in [0, 0.05) is 36.4 Å². The molecular formula is C15H23ClN2O. The molecule has 0 bridgehead atoms. The van der Waals surface area contributed by atoms with E-state index < -0.39 is 0 Å². The summed E-state index contributed by atoms with van der Waals surface area (Å²) in [5.41, 5.74) is 2.16. The Hall–Kier alpha value is -0.770. The summed E-state index contributed by atoms with van der Waals surface area (Å²) < 4.78 is 5.80. The van der Waals surface area contributed by atoms with Gasteiger partial charge in [-0.2, -0.15) is 0 Å². The minimum absolute atomic E-state index is 0.247. The standard InChI is InChI=1S/C15H23ClN2O/c1-11(2)18-6-7-19-14(10-18)9-17-13-5-4-12(3)15(16)8-13/h4-5,8,11,14,17H,6-7,9-10H2,1-3H3. The summed E-state index contributed by atoms with van der Waals surface area (Å²) in [5.74, 6) is 0. The third kappa shape index (κ3) is 4.10. The summed E-state index contributed by atoms with van der Waals surface area (Å²) in [6, 6.07) is 6.65. The Balaban J connectivity index is 1.86. The van der Waals surface area contributed by atoms with Crippen LogP contribution in [0.3, 0.4) is 0 Å². The van der Waals surface area contributed by atoms with Gasteiger partial charge in [-0.3, -0.25) is 4.90 Å². The second-order valence-electron chi connectivity index (χ2n) is 5.43. The van der Waals surface area contributed by atoms with Crippen LogP contribution in [0.2, 0.25) is 5.02 Å². The predicted molar refractivity (Wildman–Crippen MR) is 81.1 cm³/mol. The zero-order valence-electron chi connectivity index (χ0n) is 11.9. The average Bonchev–Trinajstić information content (AvgIpc) is 2.40. The minimum Gasteiger partial charge on any atom is -0.382 e. The van der Waals surface area contributed by atoms with Crippen LogP contribution in [0.25, 0.3) is 0 Å². The Labute approximate surface area is 120 Å². The van der Waals surface area contributed by atoms with Gasteiger partial charge in [-0.1, -0.05) is 17.7 Å². The van der Waals surface area contributed by atoms with Gasteiger partial charge in [0.05, 0.1) is 12.7 Å². The average molecular weight is 283 g/mol. The Morgan fingerprint density at radius 3 is 2.95 bits per heavy atom. The van der Waals surface area contributed by atoms with Gasteiger partial charge in [0.2, 0.25) is 0 Å². The first-order valence-corrected chi connectivity index (χ1v) is 7.29. The summed E-state index contributed by atoms with van der Waals surface area (Å²) in [6.07, 6.45) is 0.247. The van der Waals surface area contributed by atoms with E-state index in [9.17, 15) is 0 Å². The fraction of sp³-hybridized carbons (Fsp3) is 0.600. The quantitative estimate of drug-likeness (QED) is 0.918. The summed E-state index contributed by atoms with van der Waals surface area (Å²) >= 11 is 6.12. The molecule has 0 aliphatic carbocycles. The summed E-state index contributed by atoms with van der Waals surface area (Å²) in [4.78, 5) is 2.46. The zero-order valence-corrected chi connectivity index (χ0v) is 12.7. The van der Waals surface area contributed by atoms with Gasteiger partial charge in [-0.05, 0) is 38.5 Å². The van der Waals surface area contributed by atoms with Gasteiger partial charge < -0.3 is 10.1 Å². The van der Waals surface area contributed by atoms with Crippen molar-refractivity contribution in [3.63, 3.8) is 0 Å². The Morgan fingerprint density at radius 2 is 2.26 bits per heavy atom. The molecular weight excluding hydrogens is 260 g/mol. The highest BCUT2D eigenvalue weighted by Gasteiger charge is 2.21. The van der Waals surface area contributed by atoms with E-state index in [-0.39, 0.29) is 6.10 Å². The van der Waals surface area contributed by atoms with E-state index in [1.54, 1.807) is 0 Å². The van der Waals surface area contributed by atoms with Crippen molar-refractivity contribution in [3.05, 3.63) is 28.8 Å². The van der Waals surface area contributed by atoms with Crippen LogP contribution in [0.15, 0.2) is 18.2 Å². The van der Waals surface area contributed by atoms with Crippen LogP contribution >= 0.6 is 11.6 Å². The molecule has 1 heterocycles. The monoisotopic (exact) mass is 282 g/mol. The highest BCUT2D eigenvalue weighted by molar-refractivity contribution is 6.31. The molecule has 1 saturated heterocycles. The van der Waals surface area contributed by atoms with Crippen LogP contribution in [0.1, 0.15) is 19.4 Å². The fourth-order valence-corrected chi connectivity index (χ4v) is 2.45. The number of aryl methyl sites for hydroxylation is 1. The maximum Gasteiger partial charge on any atom is 0.0874 e. The number of nitrogens with zero attached hydrogens (tertiary/aromatic N) is 1. The zero-order chi connectivity index (χ0) is 13.8. The van der Waals surface area contributed by atoms with Gasteiger partial charge in [-0.15, -0.1) is 0 Å². The molecule has 0 spiro atoms. The van der Waals surface area contributed by atoms with Crippen molar-refractivity contribution in [3.8, 4) is 0 Å². The number of halogens is 1. The molecule has 1 aromatic rings. The highest BCUT2D eigenvalue weighted by atomic mass is 35.5. The van der Waals surface area contributed by atoms with E-state index in [1.165, 1.54) is 0 Å². The van der Waals surface area contributed by atoms with E-state index >= 15 is 0 Å². The van der Waals surface area contributed by atoms with Crippen LogP contribution in [0.5, 0.6) is 0 Å². The molecule has 2 rings (SSSR count). The van der Waals surface area contributed by atoms with Gasteiger partial charge in [0.1, 0.15) is 0 Å².